The molecule has 1 atom stereocenters. The van der Waals surface area contributed by atoms with Crippen molar-refractivity contribution in [3.8, 4) is 5.75 Å². The van der Waals surface area contributed by atoms with Crippen molar-refractivity contribution in [2.45, 2.75) is 19.4 Å². The molecule has 2 aromatic rings. The number of hydrogen-bond donors (Lipinski definition) is 1. The summed E-state index contributed by atoms with van der Waals surface area (Å²) in [7, 11) is 0. The molecule has 0 saturated carbocycles. The van der Waals surface area contributed by atoms with E-state index in [4.69, 9.17) is 4.74 Å². The summed E-state index contributed by atoms with van der Waals surface area (Å²) in [6.45, 7) is 2.05. The minimum Gasteiger partial charge on any atom is -0.481 e. The molecule has 0 bridgehead atoms. The zero-order chi connectivity index (χ0) is 15.9. The molecular formula is C17H17F2NO2. The van der Waals surface area contributed by atoms with Crippen LogP contribution in [0.1, 0.15) is 12.5 Å². The predicted molar refractivity (Wildman–Crippen MR) is 79.6 cm³/mol. The van der Waals surface area contributed by atoms with E-state index in [1.165, 1.54) is 36.4 Å². The van der Waals surface area contributed by atoms with Crippen molar-refractivity contribution in [3.63, 3.8) is 0 Å². The fourth-order valence-corrected chi connectivity index (χ4v) is 1.90. The molecule has 1 amide bonds. The molecular weight excluding hydrogens is 288 g/mol. The van der Waals surface area contributed by atoms with Gasteiger partial charge in [0.25, 0.3) is 5.91 Å². The van der Waals surface area contributed by atoms with Gasteiger partial charge in [0.2, 0.25) is 0 Å². The molecule has 2 rings (SSSR count). The van der Waals surface area contributed by atoms with Gasteiger partial charge in [-0.25, -0.2) is 8.78 Å². The van der Waals surface area contributed by atoms with Crippen LogP contribution in [0.15, 0.2) is 48.5 Å². The number of nitrogens with one attached hydrogen (secondary N) is 1. The Morgan fingerprint density at radius 2 is 1.59 bits per heavy atom. The smallest absolute Gasteiger partial charge is 0.260 e. The maximum Gasteiger partial charge on any atom is 0.260 e. The van der Waals surface area contributed by atoms with Crippen LogP contribution in [-0.4, -0.2) is 18.6 Å². The van der Waals surface area contributed by atoms with E-state index in [0.29, 0.717) is 18.7 Å². The Hall–Kier alpha value is -2.43. The van der Waals surface area contributed by atoms with Crippen LogP contribution in [0.4, 0.5) is 8.78 Å². The van der Waals surface area contributed by atoms with E-state index < -0.39 is 6.10 Å². The van der Waals surface area contributed by atoms with Gasteiger partial charge in [-0.15, -0.1) is 0 Å². The van der Waals surface area contributed by atoms with E-state index in [9.17, 15) is 13.6 Å². The molecule has 0 aliphatic carbocycles. The van der Waals surface area contributed by atoms with E-state index in [1.807, 2.05) is 0 Å². The number of carbonyl (C=O) groups is 1. The van der Waals surface area contributed by atoms with E-state index in [-0.39, 0.29) is 17.5 Å². The van der Waals surface area contributed by atoms with Crippen LogP contribution in [0.2, 0.25) is 0 Å². The third-order valence-electron chi connectivity index (χ3n) is 3.12. The monoisotopic (exact) mass is 305 g/mol. The Morgan fingerprint density at radius 3 is 2.18 bits per heavy atom. The van der Waals surface area contributed by atoms with E-state index in [2.05, 4.69) is 5.32 Å². The zero-order valence-corrected chi connectivity index (χ0v) is 12.2. The van der Waals surface area contributed by atoms with Crippen LogP contribution < -0.4 is 10.1 Å². The van der Waals surface area contributed by atoms with Crippen LogP contribution in [0.3, 0.4) is 0 Å². The highest BCUT2D eigenvalue weighted by atomic mass is 19.1. The quantitative estimate of drug-likeness (QED) is 0.890. The Labute approximate surface area is 127 Å². The van der Waals surface area contributed by atoms with Crippen molar-refractivity contribution in [3.05, 3.63) is 65.7 Å². The number of hydrogen-bond acceptors (Lipinski definition) is 2. The Morgan fingerprint density at radius 1 is 1.05 bits per heavy atom. The highest BCUT2D eigenvalue weighted by Crippen LogP contribution is 2.13. The van der Waals surface area contributed by atoms with E-state index in [1.54, 1.807) is 19.1 Å². The summed E-state index contributed by atoms with van der Waals surface area (Å²) in [5.41, 5.74) is 0.939. The number of benzene rings is 2. The van der Waals surface area contributed by atoms with Crippen LogP contribution in [0.5, 0.6) is 5.75 Å². The van der Waals surface area contributed by atoms with Crippen LogP contribution in [0.25, 0.3) is 0 Å². The first-order chi connectivity index (χ1) is 10.5. The summed E-state index contributed by atoms with van der Waals surface area (Å²) < 4.78 is 31.0. The molecule has 0 aliphatic heterocycles. The first-order valence-corrected chi connectivity index (χ1v) is 6.99. The largest absolute Gasteiger partial charge is 0.481 e. The standard InChI is InChI=1S/C17H17F2NO2/c1-12(22-16-8-6-15(19)7-9-16)17(21)20-11-10-13-2-4-14(18)5-3-13/h2-9,12H,10-11H2,1H3,(H,20,21). The van der Waals surface area contributed by atoms with Crippen molar-refractivity contribution in [1.82, 2.24) is 5.32 Å². The molecule has 5 heteroatoms. The molecule has 0 aromatic heterocycles. The molecule has 2 aromatic carbocycles. The van der Waals surface area contributed by atoms with Crippen molar-refractivity contribution in [2.75, 3.05) is 6.54 Å². The number of halogens is 2. The SMILES string of the molecule is CC(Oc1ccc(F)cc1)C(=O)NCCc1ccc(F)cc1. The predicted octanol–water partition coefficient (Wildman–Crippen LogP) is 3.09. The van der Waals surface area contributed by atoms with Gasteiger partial charge < -0.3 is 10.1 Å². The highest BCUT2D eigenvalue weighted by molar-refractivity contribution is 5.80. The Balaban J connectivity index is 1.76. The van der Waals surface area contributed by atoms with Gasteiger partial charge in [0, 0.05) is 6.54 Å². The molecule has 1 unspecified atom stereocenters. The van der Waals surface area contributed by atoms with Crippen LogP contribution in [-0.2, 0) is 11.2 Å². The van der Waals surface area contributed by atoms with Crippen molar-refractivity contribution in [1.29, 1.82) is 0 Å². The van der Waals surface area contributed by atoms with Crippen molar-refractivity contribution in [2.24, 2.45) is 0 Å². The minimum atomic E-state index is -0.682. The first kappa shape index (κ1) is 15.9. The lowest BCUT2D eigenvalue weighted by atomic mass is 10.1. The molecule has 0 saturated heterocycles. The molecule has 0 spiro atoms. The molecule has 3 nitrogen and oxygen atoms in total. The van der Waals surface area contributed by atoms with Gasteiger partial charge in [-0.3, -0.25) is 4.79 Å². The second-order valence-electron chi connectivity index (χ2n) is 4.88. The normalized spacial score (nSPS) is 11.8. The molecule has 116 valence electrons. The third-order valence-corrected chi connectivity index (χ3v) is 3.12. The summed E-state index contributed by atoms with van der Waals surface area (Å²) in [5.74, 6) is -0.466. The van der Waals surface area contributed by atoms with E-state index in [0.717, 1.165) is 5.56 Å². The maximum atomic E-state index is 12.8. The van der Waals surface area contributed by atoms with Crippen LogP contribution in [0, 0.1) is 11.6 Å². The molecule has 0 fully saturated rings. The van der Waals surface area contributed by atoms with E-state index >= 15 is 0 Å². The summed E-state index contributed by atoms with van der Waals surface area (Å²) in [4.78, 5) is 11.9. The molecule has 0 aliphatic rings. The minimum absolute atomic E-state index is 0.258. The van der Waals surface area contributed by atoms with Gasteiger partial charge in [0.15, 0.2) is 6.10 Å². The summed E-state index contributed by atoms with van der Waals surface area (Å²) >= 11 is 0. The van der Waals surface area contributed by atoms with Crippen molar-refractivity contribution >= 4 is 5.91 Å². The zero-order valence-electron chi connectivity index (χ0n) is 12.2. The topological polar surface area (TPSA) is 38.3 Å². The average Bonchev–Trinajstić information content (AvgIpc) is 2.51. The van der Waals surface area contributed by atoms with Crippen molar-refractivity contribution < 1.29 is 18.3 Å². The summed E-state index contributed by atoms with van der Waals surface area (Å²) in [6.07, 6.45) is -0.0753. The molecule has 0 radical (unpaired) electrons. The highest BCUT2D eigenvalue weighted by Gasteiger charge is 2.13. The average molecular weight is 305 g/mol. The fraction of sp³-hybridized carbons (Fsp3) is 0.235. The van der Waals surface area contributed by atoms with Gasteiger partial charge in [0.05, 0.1) is 0 Å². The first-order valence-electron chi connectivity index (χ1n) is 6.99. The van der Waals surface area contributed by atoms with Gasteiger partial charge in [-0.2, -0.15) is 0 Å². The second kappa shape index (κ2) is 7.54. The lowest BCUT2D eigenvalue weighted by Gasteiger charge is -2.14. The van der Waals surface area contributed by atoms with Crippen LogP contribution >= 0.6 is 0 Å². The van der Waals surface area contributed by atoms with Gasteiger partial charge >= 0.3 is 0 Å². The number of carbonyl (C=O) groups excluding carboxylic acids is 1. The lowest BCUT2D eigenvalue weighted by molar-refractivity contribution is -0.127. The fourth-order valence-electron chi connectivity index (χ4n) is 1.90. The maximum absolute atomic E-state index is 12.8. The van der Waals surface area contributed by atoms with Gasteiger partial charge in [0.1, 0.15) is 17.4 Å². The Bertz CT molecular complexity index is 612. The summed E-state index contributed by atoms with van der Waals surface area (Å²) in [6, 6.07) is 11.6. The Kier molecular flexibility index (Phi) is 5.47. The lowest BCUT2D eigenvalue weighted by Crippen LogP contribution is -2.37. The number of ether oxygens (including phenoxy) is 1. The molecule has 0 heterocycles. The third kappa shape index (κ3) is 4.84. The van der Waals surface area contributed by atoms with Gasteiger partial charge in [-0.1, -0.05) is 12.1 Å². The molecule has 1 N–H and O–H groups in total. The number of rotatable bonds is 6. The summed E-state index contributed by atoms with van der Waals surface area (Å²) in [5, 5.41) is 2.75. The second-order valence-corrected chi connectivity index (χ2v) is 4.88. The molecule has 22 heavy (non-hydrogen) atoms. The van der Waals surface area contributed by atoms with Gasteiger partial charge in [-0.05, 0) is 55.3 Å². The number of amides is 1.